The van der Waals surface area contributed by atoms with Gasteiger partial charge in [-0.3, -0.25) is 4.79 Å². The van der Waals surface area contributed by atoms with Crippen LogP contribution in [0.15, 0.2) is 18.2 Å². The number of hydrogen-bond acceptors (Lipinski definition) is 2. The molecule has 1 aromatic carbocycles. The quantitative estimate of drug-likeness (QED) is 0.887. The molecule has 2 N–H and O–H groups in total. The van der Waals surface area contributed by atoms with Crippen molar-refractivity contribution in [2.45, 2.75) is 44.7 Å². The van der Waals surface area contributed by atoms with Gasteiger partial charge in [0.2, 0.25) is 5.91 Å². The van der Waals surface area contributed by atoms with E-state index in [4.69, 9.17) is 28.9 Å². The minimum atomic E-state index is 0.0939. The predicted molar refractivity (Wildman–Crippen MR) is 94.5 cm³/mol. The third-order valence-corrected chi connectivity index (χ3v) is 6.30. The van der Waals surface area contributed by atoms with E-state index in [2.05, 4.69) is 0 Å². The lowest BCUT2D eigenvalue weighted by molar-refractivity contribution is -0.137. The number of carbonyl (C=O) groups excluding carboxylic acids is 1. The topological polar surface area (TPSA) is 46.3 Å². The molecule has 0 aromatic heterocycles. The van der Waals surface area contributed by atoms with Crippen molar-refractivity contribution >= 4 is 29.1 Å². The number of rotatable bonds is 3. The molecule has 2 fully saturated rings. The zero-order valence-corrected chi connectivity index (χ0v) is 15.0. The van der Waals surface area contributed by atoms with E-state index in [-0.39, 0.29) is 17.9 Å². The number of amides is 1. The zero-order chi connectivity index (χ0) is 16.6. The molecule has 2 saturated carbocycles. The molecule has 5 heteroatoms. The third kappa shape index (κ3) is 3.52. The Bertz CT molecular complexity index is 558. The predicted octanol–water partition coefficient (Wildman–Crippen LogP) is 4.11. The van der Waals surface area contributed by atoms with Gasteiger partial charge in [-0.25, -0.2) is 0 Å². The van der Waals surface area contributed by atoms with Gasteiger partial charge < -0.3 is 10.6 Å². The van der Waals surface area contributed by atoms with Gasteiger partial charge >= 0.3 is 0 Å². The van der Waals surface area contributed by atoms with Gasteiger partial charge in [-0.2, -0.15) is 0 Å². The fourth-order valence-corrected chi connectivity index (χ4v) is 4.82. The normalized spacial score (nSPS) is 30.1. The van der Waals surface area contributed by atoms with E-state index in [1.54, 1.807) is 4.90 Å². The SMILES string of the molecule is CN(Cc1c(Cl)cccc1Cl)C(=O)C1CC2CCCC(C1)C2N. The van der Waals surface area contributed by atoms with E-state index in [9.17, 15) is 4.79 Å². The first-order valence-corrected chi connectivity index (χ1v) is 9.16. The van der Waals surface area contributed by atoms with Crippen molar-refractivity contribution in [3.05, 3.63) is 33.8 Å². The molecular formula is C18H24Cl2N2O. The first kappa shape index (κ1) is 17.1. The fourth-order valence-electron chi connectivity index (χ4n) is 4.30. The van der Waals surface area contributed by atoms with Gasteiger partial charge in [-0.1, -0.05) is 35.7 Å². The number of nitrogens with two attached hydrogens (primary N) is 1. The van der Waals surface area contributed by atoms with E-state index in [1.165, 1.54) is 19.3 Å². The molecule has 126 valence electrons. The third-order valence-electron chi connectivity index (χ3n) is 5.60. The summed E-state index contributed by atoms with van der Waals surface area (Å²) in [7, 11) is 1.84. The summed E-state index contributed by atoms with van der Waals surface area (Å²) in [5, 5.41) is 1.22. The van der Waals surface area contributed by atoms with Gasteiger partial charge in [0.05, 0.1) is 0 Å². The van der Waals surface area contributed by atoms with E-state index >= 15 is 0 Å². The van der Waals surface area contributed by atoms with Gasteiger partial charge in [0.15, 0.2) is 0 Å². The molecule has 2 atom stereocenters. The van der Waals surface area contributed by atoms with E-state index < -0.39 is 0 Å². The summed E-state index contributed by atoms with van der Waals surface area (Å²) in [5.41, 5.74) is 7.15. The van der Waals surface area contributed by atoms with Crippen LogP contribution >= 0.6 is 23.2 Å². The Morgan fingerprint density at radius 3 is 2.35 bits per heavy atom. The van der Waals surface area contributed by atoms with Gasteiger partial charge in [-0.15, -0.1) is 0 Å². The molecule has 23 heavy (non-hydrogen) atoms. The number of halogens is 2. The van der Waals surface area contributed by atoms with Crippen LogP contribution in [-0.2, 0) is 11.3 Å². The van der Waals surface area contributed by atoms with Crippen LogP contribution in [0.5, 0.6) is 0 Å². The maximum Gasteiger partial charge on any atom is 0.225 e. The number of fused-ring (bicyclic) bond motifs is 2. The van der Waals surface area contributed by atoms with Crippen LogP contribution in [0.3, 0.4) is 0 Å². The van der Waals surface area contributed by atoms with Gasteiger partial charge in [0.25, 0.3) is 0 Å². The standard InChI is InChI=1S/C18H24Cl2N2O/c1-22(10-14-15(19)6-3-7-16(14)20)18(23)13-8-11-4-2-5-12(9-13)17(11)21/h3,6-7,11-13,17H,2,4-5,8-10,21H2,1H3. The molecule has 2 bridgehead atoms. The van der Waals surface area contributed by atoms with Crippen molar-refractivity contribution in [1.82, 2.24) is 4.90 Å². The highest BCUT2D eigenvalue weighted by molar-refractivity contribution is 6.36. The van der Waals surface area contributed by atoms with Gasteiger partial charge in [-0.05, 0) is 49.7 Å². The van der Waals surface area contributed by atoms with Crippen molar-refractivity contribution < 1.29 is 4.79 Å². The maximum absolute atomic E-state index is 12.9. The lowest BCUT2D eigenvalue weighted by Crippen LogP contribution is -2.49. The smallest absolute Gasteiger partial charge is 0.225 e. The average Bonchev–Trinajstić information content (AvgIpc) is 2.50. The molecule has 1 aromatic rings. The Hall–Kier alpha value is -0.770. The van der Waals surface area contributed by atoms with Crippen LogP contribution in [0, 0.1) is 17.8 Å². The number of carbonyl (C=O) groups is 1. The second-order valence-electron chi connectivity index (χ2n) is 7.09. The molecule has 0 heterocycles. The first-order chi connectivity index (χ1) is 11.0. The first-order valence-electron chi connectivity index (χ1n) is 8.40. The number of nitrogens with zero attached hydrogens (tertiary/aromatic N) is 1. The Labute approximate surface area is 148 Å². The zero-order valence-electron chi connectivity index (χ0n) is 13.5. The molecule has 2 aliphatic rings. The van der Waals surface area contributed by atoms with Crippen molar-refractivity contribution in [1.29, 1.82) is 0 Å². The van der Waals surface area contributed by atoms with Crippen molar-refractivity contribution in [3.8, 4) is 0 Å². The average molecular weight is 355 g/mol. The number of hydrogen-bond donors (Lipinski definition) is 1. The highest BCUT2D eigenvalue weighted by atomic mass is 35.5. The van der Waals surface area contributed by atoms with Crippen LogP contribution < -0.4 is 5.73 Å². The summed E-state index contributed by atoms with van der Waals surface area (Å²) in [4.78, 5) is 14.6. The highest BCUT2D eigenvalue weighted by Gasteiger charge is 2.41. The highest BCUT2D eigenvalue weighted by Crippen LogP contribution is 2.42. The molecule has 0 aliphatic heterocycles. The molecule has 0 saturated heterocycles. The Kier molecular flexibility index (Phi) is 5.19. The lowest BCUT2D eigenvalue weighted by atomic mass is 9.65. The second-order valence-corrected chi connectivity index (χ2v) is 7.91. The van der Waals surface area contributed by atoms with Crippen LogP contribution in [0.2, 0.25) is 10.0 Å². The fraction of sp³-hybridized carbons (Fsp3) is 0.611. The summed E-state index contributed by atoms with van der Waals surface area (Å²) in [5.74, 6) is 1.31. The lowest BCUT2D eigenvalue weighted by Gasteiger charge is -2.44. The molecular weight excluding hydrogens is 331 g/mol. The van der Waals surface area contributed by atoms with Crippen molar-refractivity contribution in [2.24, 2.45) is 23.5 Å². The summed E-state index contributed by atoms with van der Waals surface area (Å²) < 4.78 is 0. The Morgan fingerprint density at radius 2 is 1.78 bits per heavy atom. The van der Waals surface area contributed by atoms with Gasteiger partial charge in [0, 0.05) is 41.2 Å². The van der Waals surface area contributed by atoms with Crippen molar-refractivity contribution in [3.63, 3.8) is 0 Å². The van der Waals surface area contributed by atoms with E-state index in [1.807, 2.05) is 25.2 Å². The summed E-state index contributed by atoms with van der Waals surface area (Å²) in [6.45, 7) is 0.454. The van der Waals surface area contributed by atoms with E-state index in [0.29, 0.717) is 28.4 Å². The van der Waals surface area contributed by atoms with Crippen LogP contribution in [-0.4, -0.2) is 23.9 Å². The minimum Gasteiger partial charge on any atom is -0.341 e. The molecule has 0 radical (unpaired) electrons. The largest absolute Gasteiger partial charge is 0.341 e. The van der Waals surface area contributed by atoms with Crippen LogP contribution in [0.1, 0.15) is 37.7 Å². The van der Waals surface area contributed by atoms with Crippen LogP contribution in [0.4, 0.5) is 0 Å². The summed E-state index contributed by atoms with van der Waals surface area (Å²) in [6, 6.07) is 5.73. The second kappa shape index (κ2) is 7.00. The Morgan fingerprint density at radius 1 is 1.22 bits per heavy atom. The Balaban J connectivity index is 1.68. The number of benzene rings is 1. The van der Waals surface area contributed by atoms with Crippen LogP contribution in [0.25, 0.3) is 0 Å². The van der Waals surface area contributed by atoms with Gasteiger partial charge in [0.1, 0.15) is 0 Å². The molecule has 0 spiro atoms. The summed E-state index contributed by atoms with van der Waals surface area (Å²) >= 11 is 12.4. The molecule has 3 nitrogen and oxygen atoms in total. The molecule has 2 unspecified atom stereocenters. The molecule has 2 aliphatic carbocycles. The minimum absolute atomic E-state index is 0.0939. The maximum atomic E-state index is 12.9. The van der Waals surface area contributed by atoms with E-state index in [0.717, 1.165) is 18.4 Å². The monoisotopic (exact) mass is 354 g/mol. The van der Waals surface area contributed by atoms with Crippen molar-refractivity contribution in [2.75, 3.05) is 7.05 Å². The molecule has 3 rings (SSSR count). The summed E-state index contributed by atoms with van der Waals surface area (Å²) in [6.07, 6.45) is 5.45. The molecule has 1 amide bonds.